The van der Waals surface area contributed by atoms with Crippen LogP contribution in [-0.4, -0.2) is 40.3 Å². The molecule has 6 N–H and O–H groups in total. The molecule has 0 rings (SSSR count). The fraction of sp³-hybridized carbons (Fsp3) is 1.00. The van der Waals surface area contributed by atoms with Crippen molar-refractivity contribution in [3.05, 3.63) is 0 Å². The molecule has 68 valence electrons. The molecule has 0 aliphatic carbocycles. The summed E-state index contributed by atoms with van der Waals surface area (Å²) in [7, 11) is 4.26. The summed E-state index contributed by atoms with van der Waals surface area (Å²) in [5.41, 5.74) is 0. The van der Waals surface area contributed by atoms with E-state index in [0.717, 1.165) is 0 Å². The van der Waals surface area contributed by atoms with E-state index in [4.69, 9.17) is 0 Å². The average Bonchev–Trinajstić information content (AvgIpc) is 2.03. The highest BCUT2D eigenvalue weighted by Gasteiger charge is 1.92. The van der Waals surface area contributed by atoms with Gasteiger partial charge in [-0.1, -0.05) is 0 Å². The minimum Gasteiger partial charge on any atom is -0.349 e. The van der Waals surface area contributed by atoms with E-state index in [1.165, 1.54) is 39.0 Å². The van der Waals surface area contributed by atoms with Crippen molar-refractivity contribution in [2.45, 2.75) is 12.8 Å². The minimum absolute atomic E-state index is 1.27. The third kappa shape index (κ3) is 9.88. The van der Waals surface area contributed by atoms with Crippen molar-refractivity contribution in [3.63, 3.8) is 0 Å². The van der Waals surface area contributed by atoms with Crippen molar-refractivity contribution >= 4 is 0 Å². The Morgan fingerprint density at radius 3 is 1.55 bits per heavy atom. The Kier molecular flexibility index (Phi) is 9.77. The van der Waals surface area contributed by atoms with Crippen LogP contribution in [0, 0.1) is 0 Å². The summed E-state index contributed by atoms with van der Waals surface area (Å²) in [6.45, 7) is 5.15. The molecule has 0 saturated carbocycles. The molecule has 0 heterocycles. The highest BCUT2D eigenvalue weighted by Crippen LogP contribution is 1.62. The fourth-order valence-corrected chi connectivity index (χ4v) is 1.08. The predicted octanol–water partition coefficient (Wildman–Crippen LogP) is -3.28. The molecule has 0 radical (unpaired) electrons. The van der Waals surface area contributed by atoms with Crippen LogP contribution in [0.25, 0.3) is 0 Å². The summed E-state index contributed by atoms with van der Waals surface area (Å²) in [6, 6.07) is 0. The second-order valence-electron chi connectivity index (χ2n) is 2.97. The van der Waals surface area contributed by atoms with Gasteiger partial charge in [0.05, 0.1) is 40.3 Å². The van der Waals surface area contributed by atoms with Crippen LogP contribution in [0.2, 0.25) is 0 Å². The molecular weight excluding hydrogens is 138 g/mol. The van der Waals surface area contributed by atoms with E-state index < -0.39 is 0 Å². The number of nitrogens with two attached hydrogens (primary N) is 3. The van der Waals surface area contributed by atoms with Gasteiger partial charge in [-0.15, -0.1) is 0 Å². The summed E-state index contributed by atoms with van der Waals surface area (Å²) < 4.78 is 0. The number of rotatable bonds is 8. The van der Waals surface area contributed by atoms with Crippen molar-refractivity contribution in [2.75, 3.05) is 40.3 Å². The van der Waals surface area contributed by atoms with Crippen LogP contribution in [0.1, 0.15) is 12.8 Å². The largest absolute Gasteiger partial charge is 0.349 e. The van der Waals surface area contributed by atoms with Crippen LogP contribution in [0.3, 0.4) is 0 Å². The molecule has 0 bridgehead atoms. The molecule has 0 aromatic heterocycles. The van der Waals surface area contributed by atoms with Gasteiger partial charge in [0.2, 0.25) is 0 Å². The summed E-state index contributed by atoms with van der Waals surface area (Å²) in [5.74, 6) is 0. The van der Waals surface area contributed by atoms with Gasteiger partial charge in [0.15, 0.2) is 0 Å². The Hall–Kier alpha value is -0.120. The van der Waals surface area contributed by atoms with E-state index in [-0.39, 0.29) is 0 Å². The minimum atomic E-state index is 1.27. The smallest absolute Gasteiger partial charge is 0.0809 e. The van der Waals surface area contributed by atoms with Gasteiger partial charge in [0, 0.05) is 12.8 Å². The molecule has 0 atom stereocenters. The molecule has 0 aliphatic rings. The zero-order chi connectivity index (χ0) is 8.36. The van der Waals surface area contributed by atoms with E-state index in [1.54, 1.807) is 0 Å². The van der Waals surface area contributed by atoms with Gasteiger partial charge in [-0.05, 0) is 0 Å². The lowest BCUT2D eigenvalue weighted by atomic mass is 10.4. The van der Waals surface area contributed by atoms with E-state index in [9.17, 15) is 0 Å². The van der Waals surface area contributed by atoms with Gasteiger partial charge in [0.1, 0.15) is 0 Å². The predicted molar refractivity (Wildman–Crippen MR) is 46.3 cm³/mol. The molecule has 0 amide bonds. The zero-order valence-corrected chi connectivity index (χ0v) is 7.97. The van der Waals surface area contributed by atoms with Gasteiger partial charge in [0.25, 0.3) is 0 Å². The van der Waals surface area contributed by atoms with Crippen molar-refractivity contribution < 1.29 is 16.0 Å². The first-order valence-electron chi connectivity index (χ1n) is 4.79. The molecule has 0 saturated heterocycles. The summed E-state index contributed by atoms with van der Waals surface area (Å²) in [5, 5.41) is 6.91. The Balaban J connectivity index is 2.69. The van der Waals surface area contributed by atoms with Crippen molar-refractivity contribution in [3.8, 4) is 0 Å². The maximum Gasteiger partial charge on any atom is 0.0809 e. The maximum atomic E-state index is 2.42. The first kappa shape index (κ1) is 10.9. The normalized spacial score (nSPS) is 10.4. The Labute approximate surface area is 69.9 Å². The standard InChI is InChI=1S/C8H21N3/c1-9-5-3-7-11-8-4-6-10-2/h9-11H,3-8H2,1-2H3/p+3. The fourth-order valence-electron chi connectivity index (χ4n) is 1.08. The van der Waals surface area contributed by atoms with Crippen LogP contribution >= 0.6 is 0 Å². The van der Waals surface area contributed by atoms with Gasteiger partial charge >= 0.3 is 0 Å². The molecule has 0 aromatic carbocycles. The molecule has 3 nitrogen and oxygen atoms in total. The molecule has 0 aliphatic heterocycles. The zero-order valence-electron chi connectivity index (χ0n) is 7.97. The van der Waals surface area contributed by atoms with Crippen LogP contribution in [0.5, 0.6) is 0 Å². The van der Waals surface area contributed by atoms with Crippen LogP contribution in [0.4, 0.5) is 0 Å². The first-order chi connectivity index (χ1) is 5.41. The molecule has 0 unspecified atom stereocenters. The monoisotopic (exact) mass is 162 g/mol. The lowest BCUT2D eigenvalue weighted by molar-refractivity contribution is -0.680. The molecule has 0 spiro atoms. The van der Waals surface area contributed by atoms with Crippen molar-refractivity contribution in [1.29, 1.82) is 0 Å². The van der Waals surface area contributed by atoms with Gasteiger partial charge < -0.3 is 16.0 Å². The number of hydrogen-bond donors (Lipinski definition) is 3. The van der Waals surface area contributed by atoms with E-state index >= 15 is 0 Å². The van der Waals surface area contributed by atoms with Gasteiger partial charge in [-0.25, -0.2) is 0 Å². The Morgan fingerprint density at radius 2 is 1.18 bits per heavy atom. The lowest BCUT2D eigenvalue weighted by Gasteiger charge is -1.98. The van der Waals surface area contributed by atoms with Crippen molar-refractivity contribution in [2.24, 2.45) is 0 Å². The Morgan fingerprint density at radius 1 is 0.727 bits per heavy atom. The van der Waals surface area contributed by atoms with Gasteiger partial charge in [-0.3, -0.25) is 0 Å². The third-order valence-corrected chi connectivity index (χ3v) is 1.80. The molecule has 0 aromatic rings. The third-order valence-electron chi connectivity index (χ3n) is 1.80. The van der Waals surface area contributed by atoms with Crippen LogP contribution in [-0.2, 0) is 0 Å². The lowest BCUT2D eigenvalue weighted by Crippen LogP contribution is -2.88. The highest BCUT2D eigenvalue weighted by atomic mass is 14.9. The highest BCUT2D eigenvalue weighted by molar-refractivity contribution is 4.27. The van der Waals surface area contributed by atoms with Crippen molar-refractivity contribution in [1.82, 2.24) is 0 Å². The quantitative estimate of drug-likeness (QED) is 0.314. The molecule has 3 heteroatoms. The molecule has 0 fully saturated rings. The van der Waals surface area contributed by atoms with Gasteiger partial charge in [-0.2, -0.15) is 0 Å². The molecular formula is C8H24N3+3. The van der Waals surface area contributed by atoms with E-state index in [1.807, 2.05) is 0 Å². The van der Waals surface area contributed by atoms with E-state index in [0.29, 0.717) is 0 Å². The SMILES string of the molecule is C[NH2+]CCC[NH2+]CCC[NH2+]C. The maximum absolute atomic E-state index is 2.42. The second kappa shape index (κ2) is 9.88. The van der Waals surface area contributed by atoms with E-state index in [2.05, 4.69) is 30.0 Å². The Bertz CT molecular complexity index is 58.4. The number of quaternary nitrogens is 3. The van der Waals surface area contributed by atoms with Crippen LogP contribution in [0.15, 0.2) is 0 Å². The average molecular weight is 162 g/mol. The molecule has 11 heavy (non-hydrogen) atoms. The summed E-state index contributed by atoms with van der Waals surface area (Å²) in [6.07, 6.45) is 2.68. The summed E-state index contributed by atoms with van der Waals surface area (Å²) in [4.78, 5) is 0. The first-order valence-corrected chi connectivity index (χ1v) is 4.79. The topological polar surface area (TPSA) is 49.8 Å². The number of hydrogen-bond acceptors (Lipinski definition) is 0. The second-order valence-corrected chi connectivity index (χ2v) is 2.97. The van der Waals surface area contributed by atoms with Crippen LogP contribution < -0.4 is 16.0 Å². The summed E-state index contributed by atoms with van der Waals surface area (Å²) >= 11 is 0.